The number of hydrogen-bond acceptors (Lipinski definition) is 5. The van der Waals surface area contributed by atoms with Crippen LogP contribution in [0.5, 0.6) is 11.5 Å². The molecule has 1 aromatic rings. The van der Waals surface area contributed by atoms with Crippen molar-refractivity contribution in [3.8, 4) is 11.5 Å². The van der Waals surface area contributed by atoms with Crippen LogP contribution in [-0.2, 0) is 0 Å². The minimum atomic E-state index is -1.02. The van der Waals surface area contributed by atoms with Crippen molar-refractivity contribution >= 4 is 28.4 Å². The first kappa shape index (κ1) is 13.2. The van der Waals surface area contributed by atoms with Gasteiger partial charge in [-0.1, -0.05) is 0 Å². The molecule has 17 heavy (non-hydrogen) atoms. The van der Waals surface area contributed by atoms with E-state index in [1.54, 1.807) is 0 Å². The minimum Gasteiger partial charge on any atom is -0.506 e. The third kappa shape index (κ3) is 2.29. The van der Waals surface area contributed by atoms with Gasteiger partial charge in [-0.25, -0.2) is 0 Å². The predicted molar refractivity (Wildman–Crippen MR) is 60.0 cm³/mol. The fourth-order valence-corrected chi connectivity index (χ4v) is 1.56. The summed E-state index contributed by atoms with van der Waals surface area (Å²) in [5, 5.41) is 18.3. The minimum absolute atomic E-state index is 0.239. The third-order valence-electron chi connectivity index (χ3n) is 2.22. The van der Waals surface area contributed by atoms with Gasteiger partial charge in [-0.05, 0) is 31.5 Å². The number of aromatic hydroxyl groups is 2. The van der Waals surface area contributed by atoms with E-state index >= 15 is 0 Å². The Morgan fingerprint density at radius 2 is 1.47 bits per heavy atom. The van der Waals surface area contributed by atoms with Crippen LogP contribution in [0.25, 0.3) is 0 Å². The van der Waals surface area contributed by atoms with E-state index in [0.29, 0.717) is 0 Å². The van der Waals surface area contributed by atoms with Crippen LogP contribution < -0.4 is 0 Å². The molecule has 6 heteroatoms. The molecule has 5 nitrogen and oxygen atoms in total. The van der Waals surface area contributed by atoms with E-state index in [-0.39, 0.29) is 11.1 Å². The molecule has 0 fully saturated rings. The highest BCUT2D eigenvalue weighted by atomic mass is 35.5. The molecule has 1 rings (SSSR count). The van der Waals surface area contributed by atoms with Crippen molar-refractivity contribution in [2.24, 2.45) is 0 Å². The zero-order valence-electron chi connectivity index (χ0n) is 9.07. The normalized spacial score (nSPS) is 10.1. The van der Waals surface area contributed by atoms with Gasteiger partial charge in [0, 0.05) is 0 Å². The van der Waals surface area contributed by atoms with E-state index in [1.165, 1.54) is 0 Å². The summed E-state index contributed by atoms with van der Waals surface area (Å²) in [4.78, 5) is 33.5. The molecule has 0 aliphatic carbocycles. The van der Waals surface area contributed by atoms with Crippen LogP contribution in [-0.4, -0.2) is 27.0 Å². The number of halogens is 1. The van der Waals surface area contributed by atoms with Crippen molar-refractivity contribution in [2.45, 2.75) is 13.8 Å². The largest absolute Gasteiger partial charge is 0.506 e. The fourth-order valence-electron chi connectivity index (χ4n) is 1.41. The average Bonchev–Trinajstić information content (AvgIpc) is 2.15. The molecular formula is C11H9ClO5. The van der Waals surface area contributed by atoms with Gasteiger partial charge in [-0.2, -0.15) is 0 Å². The summed E-state index contributed by atoms with van der Waals surface area (Å²) in [6.45, 7) is 2.24. The summed E-state index contributed by atoms with van der Waals surface area (Å²) in [7, 11) is 0. The van der Waals surface area contributed by atoms with Gasteiger partial charge in [0.25, 0.3) is 5.24 Å². The van der Waals surface area contributed by atoms with E-state index in [0.717, 1.165) is 19.9 Å². The van der Waals surface area contributed by atoms with Gasteiger partial charge in [-0.15, -0.1) is 0 Å². The van der Waals surface area contributed by atoms with Crippen LogP contribution in [0.15, 0.2) is 6.07 Å². The summed E-state index contributed by atoms with van der Waals surface area (Å²) >= 11 is 5.21. The lowest BCUT2D eigenvalue weighted by atomic mass is 9.98. The van der Waals surface area contributed by atoms with Crippen LogP contribution in [0.3, 0.4) is 0 Å². The summed E-state index contributed by atoms with van der Waals surface area (Å²) in [6, 6.07) is 0.953. The summed E-state index contributed by atoms with van der Waals surface area (Å²) in [6.07, 6.45) is 0. The fraction of sp³-hybridized carbons (Fsp3) is 0.182. The van der Waals surface area contributed by atoms with Crippen LogP contribution in [0.4, 0.5) is 0 Å². The van der Waals surface area contributed by atoms with Gasteiger partial charge in [0.05, 0.1) is 11.1 Å². The highest BCUT2D eigenvalue weighted by Gasteiger charge is 2.24. The summed E-state index contributed by atoms with van der Waals surface area (Å²) in [5.41, 5.74) is -1.11. The van der Waals surface area contributed by atoms with Crippen molar-refractivity contribution in [1.29, 1.82) is 0 Å². The van der Waals surface area contributed by atoms with Gasteiger partial charge in [0.1, 0.15) is 17.1 Å². The summed E-state index contributed by atoms with van der Waals surface area (Å²) in [5.74, 6) is -2.60. The second kappa shape index (κ2) is 4.55. The lowest BCUT2D eigenvalue weighted by molar-refractivity contribution is 0.101. The topological polar surface area (TPSA) is 91.7 Å². The first-order chi connectivity index (χ1) is 7.77. The maximum absolute atomic E-state index is 11.3. The molecule has 90 valence electrons. The van der Waals surface area contributed by atoms with E-state index in [9.17, 15) is 24.6 Å². The Hall–Kier alpha value is -1.88. The van der Waals surface area contributed by atoms with Crippen molar-refractivity contribution in [2.75, 3.05) is 0 Å². The maximum atomic E-state index is 11.3. The highest BCUT2D eigenvalue weighted by molar-refractivity contribution is 6.68. The summed E-state index contributed by atoms with van der Waals surface area (Å²) < 4.78 is 0. The first-order valence-electron chi connectivity index (χ1n) is 4.58. The van der Waals surface area contributed by atoms with Crippen molar-refractivity contribution in [3.63, 3.8) is 0 Å². The van der Waals surface area contributed by atoms with Crippen LogP contribution in [0.1, 0.15) is 44.9 Å². The van der Waals surface area contributed by atoms with Crippen molar-refractivity contribution in [1.82, 2.24) is 0 Å². The number of hydrogen-bond donors (Lipinski definition) is 2. The maximum Gasteiger partial charge on any atom is 0.256 e. The number of ketones is 2. The molecule has 0 spiro atoms. The van der Waals surface area contributed by atoms with Crippen LogP contribution in [0, 0.1) is 0 Å². The number of carbonyl (C=O) groups is 3. The van der Waals surface area contributed by atoms with Crippen LogP contribution >= 0.6 is 11.6 Å². The highest BCUT2D eigenvalue weighted by Crippen LogP contribution is 2.35. The zero-order valence-corrected chi connectivity index (χ0v) is 9.83. The number of benzene rings is 1. The van der Waals surface area contributed by atoms with Crippen LogP contribution in [0.2, 0.25) is 0 Å². The molecule has 0 unspecified atom stereocenters. The molecule has 0 heterocycles. The zero-order chi connectivity index (χ0) is 13.3. The molecule has 0 aliphatic rings. The SMILES string of the molecule is CC(=O)c1cc(C(=O)Cl)c(O)c(C(C)=O)c1O. The lowest BCUT2D eigenvalue weighted by Crippen LogP contribution is -2.05. The van der Waals surface area contributed by atoms with Gasteiger partial charge in [0.15, 0.2) is 11.6 Å². The molecule has 0 bridgehead atoms. The molecule has 0 saturated carbocycles. The Kier molecular flexibility index (Phi) is 3.53. The second-order valence-corrected chi connectivity index (χ2v) is 3.77. The third-order valence-corrected chi connectivity index (χ3v) is 2.42. The molecule has 1 aromatic carbocycles. The van der Waals surface area contributed by atoms with E-state index in [4.69, 9.17) is 11.6 Å². The van der Waals surface area contributed by atoms with Gasteiger partial charge >= 0.3 is 0 Å². The number of rotatable bonds is 3. The Labute approximate surface area is 102 Å². The molecule has 0 amide bonds. The number of carbonyl (C=O) groups excluding carboxylic acids is 3. The standard InChI is InChI=1S/C11H9ClO5/c1-4(13)6-3-7(11(12)17)10(16)8(5(2)14)9(6)15/h3,15-16H,1-2H3. The molecule has 0 saturated heterocycles. The van der Waals surface area contributed by atoms with Gasteiger partial charge < -0.3 is 10.2 Å². The average molecular weight is 257 g/mol. The van der Waals surface area contributed by atoms with Gasteiger partial charge in [-0.3, -0.25) is 14.4 Å². The quantitative estimate of drug-likeness (QED) is 0.636. The number of phenolic OH excluding ortho intramolecular Hbond substituents is 2. The predicted octanol–water partition coefficient (Wildman–Crippen LogP) is 1.88. The van der Waals surface area contributed by atoms with Crippen molar-refractivity contribution < 1.29 is 24.6 Å². The number of phenols is 2. The van der Waals surface area contributed by atoms with E-state index < -0.39 is 33.9 Å². The Bertz CT molecular complexity index is 495. The van der Waals surface area contributed by atoms with Crippen molar-refractivity contribution in [3.05, 3.63) is 22.8 Å². The molecule has 0 radical (unpaired) electrons. The second-order valence-electron chi connectivity index (χ2n) is 3.43. The lowest BCUT2D eigenvalue weighted by Gasteiger charge is -2.10. The Morgan fingerprint density at radius 3 is 1.82 bits per heavy atom. The number of Topliss-reactive ketones (excluding diaryl/α,β-unsaturated/α-hetero) is 2. The molecule has 2 N–H and O–H groups in total. The van der Waals surface area contributed by atoms with Gasteiger partial charge in [0.2, 0.25) is 0 Å². The smallest absolute Gasteiger partial charge is 0.256 e. The van der Waals surface area contributed by atoms with E-state index in [2.05, 4.69) is 0 Å². The molecular weight excluding hydrogens is 248 g/mol. The Balaban J connectivity index is 3.76. The first-order valence-corrected chi connectivity index (χ1v) is 4.95. The Morgan fingerprint density at radius 1 is 1.00 bits per heavy atom. The molecule has 0 aliphatic heterocycles. The monoisotopic (exact) mass is 256 g/mol. The van der Waals surface area contributed by atoms with E-state index in [1.807, 2.05) is 0 Å². The molecule has 0 aromatic heterocycles. The molecule has 0 atom stereocenters.